The molecule has 26 heavy (non-hydrogen) atoms. The zero-order valence-electron chi connectivity index (χ0n) is 13.8. The van der Waals surface area contributed by atoms with Crippen LogP contribution in [0.4, 0.5) is 13.2 Å². The number of nitrogens with one attached hydrogen (secondary N) is 1. The van der Waals surface area contributed by atoms with Crippen LogP contribution in [0.25, 0.3) is 0 Å². The Kier molecular flexibility index (Phi) is 6.88. The van der Waals surface area contributed by atoms with Crippen molar-refractivity contribution in [3.05, 3.63) is 64.7 Å². The topological polar surface area (TPSA) is 47.6 Å². The zero-order chi connectivity index (χ0) is 19.2. The van der Waals surface area contributed by atoms with Gasteiger partial charge in [0.1, 0.15) is 12.4 Å². The van der Waals surface area contributed by atoms with Gasteiger partial charge >= 0.3 is 12.1 Å². The van der Waals surface area contributed by atoms with Crippen LogP contribution < -0.4 is 10.1 Å². The van der Waals surface area contributed by atoms with E-state index in [1.54, 1.807) is 31.3 Å². The molecule has 2 aromatic rings. The van der Waals surface area contributed by atoms with E-state index < -0.39 is 23.8 Å². The van der Waals surface area contributed by atoms with Gasteiger partial charge in [-0.2, -0.15) is 13.2 Å². The summed E-state index contributed by atoms with van der Waals surface area (Å²) >= 11 is 5.84. The van der Waals surface area contributed by atoms with Crippen molar-refractivity contribution in [2.75, 3.05) is 20.2 Å². The number of hydrogen-bond donors (Lipinski definition) is 1. The number of likely N-dealkylation sites (N-methyl/N-ethyl adjacent to an activating group) is 1. The second kappa shape index (κ2) is 8.91. The number of carbonyl (C=O) groups excluding carboxylic acids is 1. The van der Waals surface area contributed by atoms with Crippen LogP contribution in [0.5, 0.6) is 5.75 Å². The predicted octanol–water partition coefficient (Wildman–Crippen LogP) is 4.24. The molecule has 140 valence electrons. The number of carbonyl (C=O) groups is 1. The first kappa shape index (κ1) is 20.1. The summed E-state index contributed by atoms with van der Waals surface area (Å²) in [6, 6.07) is 10.5. The van der Waals surface area contributed by atoms with E-state index in [-0.39, 0.29) is 12.4 Å². The monoisotopic (exact) mass is 387 g/mol. The van der Waals surface area contributed by atoms with Gasteiger partial charge in [-0.25, -0.2) is 4.79 Å². The van der Waals surface area contributed by atoms with Crippen molar-refractivity contribution in [2.24, 2.45) is 0 Å². The fourth-order valence-corrected chi connectivity index (χ4v) is 2.23. The van der Waals surface area contributed by atoms with Crippen LogP contribution in [0, 0.1) is 0 Å². The Morgan fingerprint density at radius 1 is 1.19 bits per heavy atom. The van der Waals surface area contributed by atoms with E-state index in [4.69, 9.17) is 21.1 Å². The highest BCUT2D eigenvalue weighted by Gasteiger charge is 2.31. The van der Waals surface area contributed by atoms with Crippen LogP contribution in [0.2, 0.25) is 5.02 Å². The molecule has 0 heterocycles. The Morgan fingerprint density at radius 3 is 2.50 bits per heavy atom. The van der Waals surface area contributed by atoms with Crippen molar-refractivity contribution in [3.8, 4) is 5.75 Å². The second-order valence-electron chi connectivity index (χ2n) is 5.35. The summed E-state index contributed by atoms with van der Waals surface area (Å²) in [7, 11) is 1.70. The maximum absolute atomic E-state index is 12.9. The highest BCUT2D eigenvalue weighted by molar-refractivity contribution is 6.30. The maximum Gasteiger partial charge on any atom is 0.416 e. The molecule has 0 saturated heterocycles. The van der Waals surface area contributed by atoms with Crippen LogP contribution in [0.1, 0.15) is 17.2 Å². The van der Waals surface area contributed by atoms with Crippen LogP contribution in [0.15, 0.2) is 48.5 Å². The molecular weight excluding hydrogens is 371 g/mol. The predicted molar refractivity (Wildman–Crippen MR) is 91.2 cm³/mol. The Bertz CT molecular complexity index is 735. The van der Waals surface area contributed by atoms with Gasteiger partial charge in [0, 0.05) is 17.1 Å². The molecule has 0 aliphatic heterocycles. The van der Waals surface area contributed by atoms with Gasteiger partial charge in [-0.1, -0.05) is 29.8 Å². The molecule has 2 aromatic carbocycles. The normalized spacial score (nSPS) is 12.5. The van der Waals surface area contributed by atoms with Gasteiger partial charge in [0.2, 0.25) is 6.10 Å². The van der Waals surface area contributed by atoms with Crippen LogP contribution in [0.3, 0.4) is 0 Å². The van der Waals surface area contributed by atoms with Crippen LogP contribution in [-0.2, 0) is 15.7 Å². The summed E-state index contributed by atoms with van der Waals surface area (Å²) in [4.78, 5) is 12.4. The van der Waals surface area contributed by atoms with E-state index in [0.29, 0.717) is 17.1 Å². The van der Waals surface area contributed by atoms with Gasteiger partial charge in [0.05, 0.1) is 5.56 Å². The van der Waals surface area contributed by atoms with Crippen molar-refractivity contribution in [1.29, 1.82) is 0 Å². The highest BCUT2D eigenvalue weighted by Crippen LogP contribution is 2.33. The van der Waals surface area contributed by atoms with Crippen LogP contribution >= 0.6 is 11.6 Å². The van der Waals surface area contributed by atoms with Gasteiger partial charge in [0.15, 0.2) is 0 Å². The molecule has 2 rings (SSSR count). The number of esters is 1. The Labute approximate surface area is 153 Å². The van der Waals surface area contributed by atoms with E-state index in [1.807, 2.05) is 0 Å². The van der Waals surface area contributed by atoms with Gasteiger partial charge in [-0.05, 0) is 37.4 Å². The number of ether oxygens (including phenoxy) is 2. The summed E-state index contributed by atoms with van der Waals surface area (Å²) in [6.07, 6.45) is -5.73. The minimum atomic E-state index is -4.51. The lowest BCUT2D eigenvalue weighted by Crippen LogP contribution is -2.25. The fourth-order valence-electron chi connectivity index (χ4n) is 2.10. The van der Waals surface area contributed by atoms with Gasteiger partial charge < -0.3 is 14.8 Å². The minimum Gasteiger partial charge on any atom is -0.474 e. The molecule has 0 aliphatic rings. The Morgan fingerprint density at radius 2 is 1.88 bits per heavy atom. The molecule has 0 aromatic heterocycles. The zero-order valence-corrected chi connectivity index (χ0v) is 14.6. The van der Waals surface area contributed by atoms with Crippen molar-refractivity contribution in [2.45, 2.75) is 12.3 Å². The van der Waals surface area contributed by atoms with E-state index in [2.05, 4.69) is 5.32 Å². The lowest BCUT2D eigenvalue weighted by molar-refractivity contribution is -0.152. The van der Waals surface area contributed by atoms with E-state index in [9.17, 15) is 18.0 Å². The van der Waals surface area contributed by atoms with E-state index >= 15 is 0 Å². The molecular formula is C18H17ClF3NO3. The SMILES string of the molecule is CNCCOC(=O)C(Oc1cccc(C(F)(F)F)c1)c1ccc(Cl)cc1. The average Bonchev–Trinajstić information content (AvgIpc) is 2.60. The maximum atomic E-state index is 12.9. The summed E-state index contributed by atoms with van der Waals surface area (Å²) in [6.45, 7) is 0.536. The summed E-state index contributed by atoms with van der Waals surface area (Å²) in [5.41, 5.74) is -0.449. The molecule has 1 N–H and O–H groups in total. The lowest BCUT2D eigenvalue weighted by Gasteiger charge is -2.19. The third-order valence-electron chi connectivity index (χ3n) is 3.40. The molecule has 0 bridgehead atoms. The molecule has 1 atom stereocenters. The molecule has 1 unspecified atom stereocenters. The quantitative estimate of drug-likeness (QED) is 0.570. The Balaban J connectivity index is 2.26. The van der Waals surface area contributed by atoms with Crippen LogP contribution in [-0.4, -0.2) is 26.2 Å². The number of alkyl halides is 3. The molecule has 0 aliphatic carbocycles. The molecule has 0 radical (unpaired) electrons. The van der Waals surface area contributed by atoms with Gasteiger partial charge in [-0.3, -0.25) is 0 Å². The number of rotatable bonds is 7. The molecule has 0 amide bonds. The number of hydrogen-bond acceptors (Lipinski definition) is 4. The van der Waals surface area contributed by atoms with Crippen molar-refractivity contribution < 1.29 is 27.4 Å². The van der Waals surface area contributed by atoms with E-state index in [1.165, 1.54) is 12.1 Å². The summed E-state index contributed by atoms with van der Waals surface area (Å²) in [5, 5.41) is 3.28. The fraction of sp³-hybridized carbons (Fsp3) is 0.278. The van der Waals surface area contributed by atoms with E-state index in [0.717, 1.165) is 12.1 Å². The van der Waals surface area contributed by atoms with Crippen molar-refractivity contribution >= 4 is 17.6 Å². The van der Waals surface area contributed by atoms with Crippen molar-refractivity contribution in [3.63, 3.8) is 0 Å². The summed E-state index contributed by atoms with van der Waals surface area (Å²) in [5.74, 6) is -0.801. The largest absolute Gasteiger partial charge is 0.474 e. The first-order valence-electron chi connectivity index (χ1n) is 7.72. The standard InChI is InChI=1S/C18H17ClF3NO3/c1-23-9-10-25-17(24)16(12-5-7-14(19)8-6-12)26-15-4-2-3-13(11-15)18(20,21)22/h2-8,11,16,23H,9-10H2,1H3. The lowest BCUT2D eigenvalue weighted by atomic mass is 10.1. The molecule has 0 spiro atoms. The third-order valence-corrected chi connectivity index (χ3v) is 3.65. The average molecular weight is 388 g/mol. The Hall–Kier alpha value is -2.25. The molecule has 4 nitrogen and oxygen atoms in total. The smallest absolute Gasteiger partial charge is 0.416 e. The van der Waals surface area contributed by atoms with Crippen molar-refractivity contribution in [1.82, 2.24) is 5.32 Å². The van der Waals surface area contributed by atoms with Gasteiger partial charge in [-0.15, -0.1) is 0 Å². The minimum absolute atomic E-state index is 0.0923. The molecule has 8 heteroatoms. The highest BCUT2D eigenvalue weighted by atomic mass is 35.5. The van der Waals surface area contributed by atoms with Gasteiger partial charge in [0.25, 0.3) is 0 Å². The molecule has 0 saturated carbocycles. The first-order valence-corrected chi connectivity index (χ1v) is 8.09. The third kappa shape index (κ3) is 5.64. The molecule has 0 fully saturated rings. The first-order chi connectivity index (χ1) is 12.3. The number of benzene rings is 2. The second-order valence-corrected chi connectivity index (χ2v) is 5.78. The number of halogens is 4. The summed E-state index contributed by atoms with van der Waals surface area (Å²) < 4.78 is 49.3.